The molecule has 17 unspecified atom stereocenters. The van der Waals surface area contributed by atoms with E-state index in [0.29, 0.717) is 12.8 Å². The summed E-state index contributed by atoms with van der Waals surface area (Å²) in [5.41, 5.74) is 0. The third kappa shape index (κ3) is 29.3. The molecule has 3 aliphatic rings. The molecule has 0 bridgehead atoms. The van der Waals surface area contributed by atoms with Gasteiger partial charge in [0.1, 0.15) is 73.2 Å². The van der Waals surface area contributed by atoms with Gasteiger partial charge in [-0.1, -0.05) is 169 Å². The van der Waals surface area contributed by atoms with Gasteiger partial charge in [0.15, 0.2) is 18.9 Å². The summed E-state index contributed by atoms with van der Waals surface area (Å²) >= 11 is 0. The maximum atomic E-state index is 13.3. The number of amides is 1. The van der Waals surface area contributed by atoms with E-state index >= 15 is 0 Å². The number of hydrogen-bond donors (Lipinski definition) is 12. The molecule has 19 nitrogen and oxygen atoms in total. The molecular formula is C64H107NO18. The first-order chi connectivity index (χ1) is 40.3. The first kappa shape index (κ1) is 74.0. The van der Waals surface area contributed by atoms with Crippen molar-refractivity contribution in [2.45, 2.75) is 272 Å². The Bertz CT molecular complexity index is 1890. The largest absolute Gasteiger partial charge is 0.394 e. The van der Waals surface area contributed by atoms with Crippen LogP contribution in [-0.4, -0.2) is 193 Å². The van der Waals surface area contributed by atoms with E-state index in [4.69, 9.17) is 28.4 Å². The zero-order chi connectivity index (χ0) is 60.5. The predicted molar refractivity (Wildman–Crippen MR) is 318 cm³/mol. The number of unbranched alkanes of at least 4 members (excludes halogenated alkanes) is 14. The van der Waals surface area contributed by atoms with Gasteiger partial charge in [-0.15, -0.1) is 0 Å². The van der Waals surface area contributed by atoms with Gasteiger partial charge in [0.2, 0.25) is 5.91 Å². The molecular weight excluding hydrogens is 1070 g/mol. The lowest BCUT2D eigenvalue weighted by Crippen LogP contribution is -2.66. The molecule has 3 fully saturated rings. The zero-order valence-electron chi connectivity index (χ0n) is 49.6. The van der Waals surface area contributed by atoms with Gasteiger partial charge in [0.25, 0.3) is 0 Å². The monoisotopic (exact) mass is 1180 g/mol. The number of aliphatic hydroxyl groups excluding tert-OH is 11. The van der Waals surface area contributed by atoms with Crippen LogP contribution in [0.15, 0.2) is 97.2 Å². The van der Waals surface area contributed by atoms with Gasteiger partial charge in [-0.2, -0.15) is 0 Å². The molecule has 0 aromatic rings. The van der Waals surface area contributed by atoms with E-state index in [2.05, 4.69) is 104 Å². The number of hydrogen-bond acceptors (Lipinski definition) is 18. The van der Waals surface area contributed by atoms with Gasteiger partial charge in [0, 0.05) is 6.42 Å². The minimum Gasteiger partial charge on any atom is -0.394 e. The van der Waals surface area contributed by atoms with E-state index in [9.17, 15) is 61.0 Å². The summed E-state index contributed by atoms with van der Waals surface area (Å²) in [6, 6.07) is -1.01. The second kappa shape index (κ2) is 45.9. The Morgan fingerprint density at radius 1 is 0.446 bits per heavy atom. The summed E-state index contributed by atoms with van der Waals surface area (Å²) in [5, 5.41) is 120. The minimum absolute atomic E-state index is 0.213. The van der Waals surface area contributed by atoms with Gasteiger partial charge in [-0.05, 0) is 89.9 Å². The smallest absolute Gasteiger partial charge is 0.220 e. The predicted octanol–water partition coefficient (Wildman–Crippen LogP) is 6.15. The van der Waals surface area contributed by atoms with Crippen molar-refractivity contribution in [3.05, 3.63) is 97.2 Å². The van der Waals surface area contributed by atoms with Gasteiger partial charge in [-0.3, -0.25) is 4.79 Å². The summed E-state index contributed by atoms with van der Waals surface area (Å²) in [5.74, 6) is -0.307. The second-order valence-electron chi connectivity index (χ2n) is 21.8. The quantitative estimate of drug-likeness (QED) is 0.0241. The van der Waals surface area contributed by atoms with Crippen molar-refractivity contribution in [3.8, 4) is 0 Å². The molecule has 12 N–H and O–H groups in total. The highest BCUT2D eigenvalue weighted by Crippen LogP contribution is 2.33. The molecule has 0 aromatic carbocycles. The van der Waals surface area contributed by atoms with Crippen LogP contribution in [0.4, 0.5) is 0 Å². The number of ether oxygens (including phenoxy) is 6. The van der Waals surface area contributed by atoms with Crippen LogP contribution in [0.1, 0.15) is 168 Å². The molecule has 3 heterocycles. The fourth-order valence-electron chi connectivity index (χ4n) is 9.78. The molecule has 0 aromatic heterocycles. The first-order valence-corrected chi connectivity index (χ1v) is 31.0. The van der Waals surface area contributed by atoms with E-state index in [1.807, 2.05) is 6.08 Å². The normalized spacial score (nSPS) is 30.1. The number of carbonyl (C=O) groups is 1. The minimum atomic E-state index is -1.99. The van der Waals surface area contributed by atoms with Crippen LogP contribution in [0.5, 0.6) is 0 Å². The molecule has 3 saturated heterocycles. The van der Waals surface area contributed by atoms with Gasteiger partial charge in [0.05, 0.1) is 38.6 Å². The molecule has 0 aliphatic carbocycles. The third-order valence-corrected chi connectivity index (χ3v) is 14.8. The van der Waals surface area contributed by atoms with Crippen LogP contribution in [-0.2, 0) is 33.2 Å². The summed E-state index contributed by atoms with van der Waals surface area (Å²) in [7, 11) is 0. The van der Waals surface area contributed by atoms with Crippen molar-refractivity contribution in [1.82, 2.24) is 5.32 Å². The Morgan fingerprint density at radius 2 is 0.843 bits per heavy atom. The lowest BCUT2D eigenvalue weighted by molar-refractivity contribution is -0.379. The summed E-state index contributed by atoms with van der Waals surface area (Å²) in [4.78, 5) is 13.3. The summed E-state index contributed by atoms with van der Waals surface area (Å²) in [6.07, 6.45) is 30.9. The lowest BCUT2D eigenvalue weighted by Gasteiger charge is -2.48. The van der Waals surface area contributed by atoms with Crippen LogP contribution in [0, 0.1) is 0 Å². The van der Waals surface area contributed by atoms with E-state index in [0.717, 1.165) is 103 Å². The molecule has 0 radical (unpaired) electrons. The van der Waals surface area contributed by atoms with Crippen LogP contribution in [0.3, 0.4) is 0 Å². The third-order valence-electron chi connectivity index (χ3n) is 14.8. The van der Waals surface area contributed by atoms with Crippen LogP contribution in [0.25, 0.3) is 0 Å². The molecule has 0 spiro atoms. The Hall–Kier alpha value is -3.29. The van der Waals surface area contributed by atoms with Crippen molar-refractivity contribution in [1.29, 1.82) is 0 Å². The van der Waals surface area contributed by atoms with Gasteiger partial charge >= 0.3 is 0 Å². The highest BCUT2D eigenvalue weighted by atomic mass is 16.8. The standard InChI is InChI=1S/C64H107NO18/c1-3-5-7-9-11-13-15-17-19-20-21-22-23-24-25-26-28-30-32-34-36-38-40-42-52(70)65-47(48(69)41-39-37-35-33-31-29-27-18-16-14-12-10-8-6-4-2)46-78-62-58(76)55(73)60(50(44-67)80-62)83-64-59(77)56(74)61(51(45-68)81-64)82-63-57(75)54(72)53(71)49(43-66)79-63/h5,7,11,13,16-19,21-22,24-25,31,33,39,41,47-51,53-64,66-69,71-77H,3-4,6,8-10,12,14-15,20,23,26-30,32,34-38,40,42-46H2,1-2H3,(H,65,70)/b7-5-,13-11-,18-16+,19-17-,22-21-,25-24-,33-31+,41-39+. The Labute approximate surface area is 494 Å². The number of carbonyl (C=O) groups excluding carboxylic acids is 1. The maximum absolute atomic E-state index is 13.3. The summed E-state index contributed by atoms with van der Waals surface area (Å²) in [6.45, 7) is 1.53. The number of nitrogens with one attached hydrogen (secondary N) is 1. The van der Waals surface area contributed by atoms with Crippen molar-refractivity contribution in [3.63, 3.8) is 0 Å². The fourth-order valence-corrected chi connectivity index (χ4v) is 9.78. The lowest BCUT2D eigenvalue weighted by atomic mass is 9.96. The molecule has 1 amide bonds. The molecule has 3 rings (SSSR count). The van der Waals surface area contributed by atoms with Gasteiger partial charge < -0.3 is 89.9 Å². The topological polar surface area (TPSA) is 307 Å². The van der Waals surface area contributed by atoms with Gasteiger partial charge in [-0.25, -0.2) is 0 Å². The summed E-state index contributed by atoms with van der Waals surface area (Å²) < 4.78 is 34.2. The highest BCUT2D eigenvalue weighted by Gasteiger charge is 2.53. The second-order valence-corrected chi connectivity index (χ2v) is 21.8. The van der Waals surface area contributed by atoms with E-state index in [-0.39, 0.29) is 18.9 Å². The Kier molecular flexibility index (Phi) is 40.9. The van der Waals surface area contributed by atoms with Crippen molar-refractivity contribution in [2.24, 2.45) is 0 Å². The fraction of sp³-hybridized carbons (Fsp3) is 0.734. The zero-order valence-corrected chi connectivity index (χ0v) is 49.6. The van der Waals surface area contributed by atoms with Crippen molar-refractivity contribution in [2.75, 3.05) is 26.4 Å². The molecule has 83 heavy (non-hydrogen) atoms. The van der Waals surface area contributed by atoms with Crippen molar-refractivity contribution >= 4 is 5.91 Å². The average molecular weight is 1180 g/mol. The van der Waals surface area contributed by atoms with E-state index in [1.54, 1.807) is 6.08 Å². The molecule has 0 saturated carbocycles. The van der Waals surface area contributed by atoms with Crippen molar-refractivity contribution < 1.29 is 89.4 Å². The number of allylic oxidation sites excluding steroid dienone is 15. The van der Waals surface area contributed by atoms with Crippen LogP contribution in [0.2, 0.25) is 0 Å². The Balaban J connectivity index is 1.50. The van der Waals surface area contributed by atoms with Crippen LogP contribution < -0.4 is 5.32 Å². The molecule has 476 valence electrons. The molecule has 17 atom stereocenters. The average Bonchev–Trinajstić information content (AvgIpc) is 3.18. The van der Waals surface area contributed by atoms with Crippen LogP contribution >= 0.6 is 0 Å². The molecule has 3 aliphatic heterocycles. The Morgan fingerprint density at radius 3 is 1.35 bits per heavy atom. The highest BCUT2D eigenvalue weighted by molar-refractivity contribution is 5.76. The SMILES string of the molecule is CC/C=C\C/C=C\C/C=C\C/C=C\C/C=C\CCCCCCCCCC(=O)NC(COC1OC(CO)C(OC2OC(CO)C(OC3OC(CO)C(O)C(O)C3O)C(O)C2O)C(O)C1O)C(O)/C=C/CC/C=C/CC/C=C/CCCCCCC. The number of aliphatic hydroxyl groups is 11. The number of rotatable bonds is 44. The van der Waals surface area contributed by atoms with E-state index in [1.165, 1.54) is 32.1 Å². The first-order valence-electron chi connectivity index (χ1n) is 31.0. The molecule has 19 heteroatoms. The maximum Gasteiger partial charge on any atom is 0.220 e. The van der Waals surface area contributed by atoms with E-state index < -0.39 is 124 Å².